The molecule has 0 aliphatic carbocycles. The summed E-state index contributed by atoms with van der Waals surface area (Å²) in [4.78, 5) is 34.7. The number of nitrogens with one attached hydrogen (secondary N) is 2. The normalized spacial score (nSPS) is 12.0. The van der Waals surface area contributed by atoms with Gasteiger partial charge < -0.3 is 20.1 Å². The SMILES string of the molecule is COc1ccc(C(=O)NCC(=O)OC(C)C(=O)NCC(F)(F)F)cc1. The topological polar surface area (TPSA) is 93.7 Å². The lowest BCUT2D eigenvalue weighted by Crippen LogP contribution is -2.42. The number of amides is 2. The highest BCUT2D eigenvalue weighted by molar-refractivity contribution is 5.96. The summed E-state index contributed by atoms with van der Waals surface area (Å²) in [5.41, 5.74) is 0.268. The van der Waals surface area contributed by atoms with E-state index < -0.39 is 43.2 Å². The quantitative estimate of drug-likeness (QED) is 0.707. The molecule has 0 aromatic heterocycles. The molecule has 0 bridgehead atoms. The van der Waals surface area contributed by atoms with Crippen molar-refractivity contribution >= 4 is 17.8 Å². The van der Waals surface area contributed by atoms with Gasteiger partial charge in [0.1, 0.15) is 18.8 Å². The van der Waals surface area contributed by atoms with Crippen molar-refractivity contribution in [1.29, 1.82) is 0 Å². The fourth-order valence-electron chi connectivity index (χ4n) is 1.62. The number of rotatable bonds is 7. The molecule has 0 aliphatic heterocycles. The van der Waals surface area contributed by atoms with Gasteiger partial charge in [0.15, 0.2) is 6.10 Å². The first kappa shape index (κ1) is 20.3. The van der Waals surface area contributed by atoms with E-state index in [-0.39, 0.29) is 5.56 Å². The molecule has 1 aromatic rings. The lowest BCUT2D eigenvalue weighted by atomic mass is 10.2. The molecule has 0 heterocycles. The molecule has 10 heteroatoms. The van der Waals surface area contributed by atoms with Crippen molar-refractivity contribution in [1.82, 2.24) is 10.6 Å². The Kier molecular flexibility index (Phi) is 7.22. The summed E-state index contributed by atoms with van der Waals surface area (Å²) in [5.74, 6) is -2.06. The molecule has 7 nitrogen and oxygen atoms in total. The Bertz CT molecular complexity index is 617. The highest BCUT2D eigenvalue weighted by Crippen LogP contribution is 2.12. The van der Waals surface area contributed by atoms with Crippen molar-refractivity contribution in [3.05, 3.63) is 29.8 Å². The number of methoxy groups -OCH3 is 1. The molecule has 2 N–H and O–H groups in total. The fraction of sp³-hybridized carbons (Fsp3) is 0.400. The molecule has 1 rings (SSSR count). The minimum absolute atomic E-state index is 0.268. The standard InChI is InChI=1S/C15H17F3N2O5/c1-9(13(22)20-8-15(16,17)18)25-12(21)7-19-14(23)10-3-5-11(24-2)6-4-10/h3-6,9H,7-8H2,1-2H3,(H,19,23)(H,20,22). The van der Waals surface area contributed by atoms with Crippen LogP contribution in [0.15, 0.2) is 24.3 Å². The van der Waals surface area contributed by atoms with E-state index in [1.54, 1.807) is 17.4 Å². The maximum absolute atomic E-state index is 12.0. The Labute approximate surface area is 141 Å². The molecule has 2 amide bonds. The number of hydrogen-bond acceptors (Lipinski definition) is 5. The number of halogens is 3. The first-order chi connectivity index (χ1) is 11.6. The third-order valence-corrected chi connectivity index (χ3v) is 2.89. The number of benzene rings is 1. The van der Waals surface area contributed by atoms with Crippen molar-refractivity contribution in [2.75, 3.05) is 20.2 Å². The van der Waals surface area contributed by atoms with Crippen LogP contribution in [0.5, 0.6) is 5.75 Å². The van der Waals surface area contributed by atoms with Crippen LogP contribution in [0.3, 0.4) is 0 Å². The van der Waals surface area contributed by atoms with Crippen molar-refractivity contribution < 1.29 is 37.0 Å². The monoisotopic (exact) mass is 362 g/mol. The summed E-state index contributed by atoms with van der Waals surface area (Å²) < 4.78 is 45.5. The summed E-state index contributed by atoms with van der Waals surface area (Å²) in [7, 11) is 1.47. The Hall–Kier alpha value is -2.78. The molecule has 25 heavy (non-hydrogen) atoms. The molecule has 0 spiro atoms. The van der Waals surface area contributed by atoms with Gasteiger partial charge in [-0.1, -0.05) is 0 Å². The van der Waals surface area contributed by atoms with Crippen molar-refractivity contribution in [3.63, 3.8) is 0 Å². The van der Waals surface area contributed by atoms with Crippen LogP contribution in [-0.2, 0) is 14.3 Å². The Morgan fingerprint density at radius 2 is 1.72 bits per heavy atom. The largest absolute Gasteiger partial charge is 0.497 e. The van der Waals surface area contributed by atoms with Gasteiger partial charge in [-0.25, -0.2) is 0 Å². The van der Waals surface area contributed by atoms with Crippen LogP contribution in [0, 0.1) is 0 Å². The van der Waals surface area contributed by atoms with Crippen LogP contribution in [-0.4, -0.2) is 50.3 Å². The Balaban J connectivity index is 2.40. The number of ether oxygens (including phenoxy) is 2. The summed E-state index contributed by atoms with van der Waals surface area (Å²) in [6, 6.07) is 6.07. The molecule has 0 aliphatic rings. The van der Waals surface area contributed by atoms with Crippen LogP contribution in [0.2, 0.25) is 0 Å². The zero-order valence-electron chi connectivity index (χ0n) is 13.5. The first-order valence-corrected chi connectivity index (χ1v) is 7.08. The van der Waals surface area contributed by atoms with Gasteiger partial charge in [0.25, 0.3) is 11.8 Å². The fourth-order valence-corrected chi connectivity index (χ4v) is 1.62. The highest BCUT2D eigenvalue weighted by atomic mass is 19.4. The molecule has 138 valence electrons. The third kappa shape index (κ3) is 7.55. The maximum Gasteiger partial charge on any atom is 0.405 e. The van der Waals surface area contributed by atoms with Crippen LogP contribution in [0.4, 0.5) is 13.2 Å². The van der Waals surface area contributed by atoms with Crippen LogP contribution in [0.25, 0.3) is 0 Å². The zero-order chi connectivity index (χ0) is 19.0. The van der Waals surface area contributed by atoms with Crippen LogP contribution < -0.4 is 15.4 Å². The van der Waals surface area contributed by atoms with E-state index in [1.807, 2.05) is 0 Å². The predicted octanol–water partition coefficient (Wildman–Crippen LogP) is 1.04. The average molecular weight is 362 g/mol. The first-order valence-electron chi connectivity index (χ1n) is 7.08. The molecule has 0 radical (unpaired) electrons. The second-order valence-electron chi connectivity index (χ2n) is 4.88. The smallest absolute Gasteiger partial charge is 0.405 e. The molecule has 0 saturated heterocycles. The van der Waals surface area contributed by atoms with Gasteiger partial charge in [-0.3, -0.25) is 14.4 Å². The lowest BCUT2D eigenvalue weighted by molar-refractivity contribution is -0.156. The molecule has 1 aromatic carbocycles. The van der Waals surface area contributed by atoms with Crippen molar-refractivity contribution in [2.45, 2.75) is 19.2 Å². The predicted molar refractivity (Wildman–Crippen MR) is 79.9 cm³/mol. The van der Waals surface area contributed by atoms with Gasteiger partial charge in [-0.15, -0.1) is 0 Å². The van der Waals surface area contributed by atoms with E-state index in [0.29, 0.717) is 5.75 Å². The molecule has 1 atom stereocenters. The number of hydrogen-bond donors (Lipinski definition) is 2. The van der Waals surface area contributed by atoms with Gasteiger partial charge in [0.2, 0.25) is 0 Å². The molecular formula is C15H17F3N2O5. The van der Waals surface area contributed by atoms with E-state index in [2.05, 4.69) is 10.1 Å². The average Bonchev–Trinajstić information content (AvgIpc) is 2.56. The number of alkyl halides is 3. The second-order valence-corrected chi connectivity index (χ2v) is 4.88. The van der Waals surface area contributed by atoms with Crippen molar-refractivity contribution in [3.8, 4) is 5.75 Å². The molecular weight excluding hydrogens is 345 g/mol. The zero-order valence-corrected chi connectivity index (χ0v) is 13.5. The molecule has 0 fully saturated rings. The number of carbonyl (C=O) groups is 3. The number of esters is 1. The van der Waals surface area contributed by atoms with Gasteiger partial charge >= 0.3 is 12.1 Å². The van der Waals surface area contributed by atoms with E-state index in [9.17, 15) is 27.6 Å². The van der Waals surface area contributed by atoms with E-state index >= 15 is 0 Å². The van der Waals surface area contributed by atoms with Crippen molar-refractivity contribution in [2.24, 2.45) is 0 Å². The van der Waals surface area contributed by atoms with E-state index in [0.717, 1.165) is 6.92 Å². The summed E-state index contributed by atoms with van der Waals surface area (Å²) in [5, 5.41) is 3.86. The minimum atomic E-state index is -4.56. The van der Waals surface area contributed by atoms with Gasteiger partial charge in [0.05, 0.1) is 7.11 Å². The minimum Gasteiger partial charge on any atom is -0.497 e. The van der Waals surface area contributed by atoms with Crippen LogP contribution in [0.1, 0.15) is 17.3 Å². The lowest BCUT2D eigenvalue weighted by Gasteiger charge is -2.14. The molecule has 0 saturated carbocycles. The summed E-state index contributed by atoms with van der Waals surface area (Å²) in [6.07, 6.45) is -5.99. The maximum atomic E-state index is 12.0. The summed E-state index contributed by atoms with van der Waals surface area (Å²) >= 11 is 0. The van der Waals surface area contributed by atoms with Gasteiger partial charge in [-0.05, 0) is 31.2 Å². The van der Waals surface area contributed by atoms with Gasteiger partial charge in [0, 0.05) is 5.56 Å². The number of carbonyl (C=O) groups excluding carboxylic acids is 3. The summed E-state index contributed by atoms with van der Waals surface area (Å²) in [6.45, 7) is -0.946. The van der Waals surface area contributed by atoms with Crippen LogP contribution >= 0.6 is 0 Å². The Morgan fingerprint density at radius 1 is 1.12 bits per heavy atom. The Morgan fingerprint density at radius 3 is 2.24 bits per heavy atom. The highest BCUT2D eigenvalue weighted by Gasteiger charge is 2.29. The van der Waals surface area contributed by atoms with E-state index in [1.165, 1.54) is 19.2 Å². The second kappa shape index (κ2) is 8.90. The third-order valence-electron chi connectivity index (χ3n) is 2.89. The molecule has 1 unspecified atom stereocenters. The van der Waals surface area contributed by atoms with E-state index in [4.69, 9.17) is 4.74 Å². The van der Waals surface area contributed by atoms with Gasteiger partial charge in [-0.2, -0.15) is 13.2 Å².